The molecule has 2 aliphatic rings. The highest BCUT2D eigenvalue weighted by Crippen LogP contribution is 2.36. The maximum atomic E-state index is 12.5. The normalized spacial score (nSPS) is 25.9. The minimum atomic E-state index is -0.192. The molecule has 180 valence electrons. The van der Waals surface area contributed by atoms with Gasteiger partial charge >= 0.3 is 5.97 Å². The largest absolute Gasteiger partial charge is 0.494 e. The van der Waals surface area contributed by atoms with Gasteiger partial charge < -0.3 is 9.47 Å². The molecule has 3 heteroatoms. The highest BCUT2D eigenvalue weighted by molar-refractivity contribution is 5.89. The maximum absolute atomic E-state index is 12.5. The lowest BCUT2D eigenvalue weighted by molar-refractivity contribution is 0.0164. The third-order valence-electron chi connectivity index (χ3n) is 7.97. The van der Waals surface area contributed by atoms with E-state index in [4.69, 9.17) is 9.47 Å². The molecule has 0 heterocycles. The van der Waals surface area contributed by atoms with Crippen molar-refractivity contribution in [3.8, 4) is 5.75 Å². The monoisotopic (exact) mass is 442 g/mol. The standard InChI is InChI=1S/C29H46O3/c1-3-5-6-10-24-11-7-8-12-25(24)13-9-22-31-27-20-16-26(17-21-27)29(30)32-28-18-14-23(4-2)15-19-28/h16-17,20-21,23-25,28H,3-15,18-19,22H2,1-2H3. The second kappa shape index (κ2) is 13.9. The molecule has 0 saturated heterocycles. The molecule has 0 amide bonds. The fourth-order valence-corrected chi connectivity index (χ4v) is 5.80. The molecule has 1 aromatic rings. The first-order valence-electron chi connectivity index (χ1n) is 13.6. The Morgan fingerprint density at radius 1 is 0.844 bits per heavy atom. The number of hydrogen-bond donors (Lipinski definition) is 0. The van der Waals surface area contributed by atoms with Crippen LogP contribution < -0.4 is 4.74 Å². The lowest BCUT2D eigenvalue weighted by Crippen LogP contribution is -2.24. The molecular weight excluding hydrogens is 396 g/mol. The van der Waals surface area contributed by atoms with Crippen LogP contribution in [0.5, 0.6) is 5.75 Å². The minimum Gasteiger partial charge on any atom is -0.494 e. The Morgan fingerprint density at radius 2 is 1.50 bits per heavy atom. The van der Waals surface area contributed by atoms with Crippen LogP contribution in [-0.4, -0.2) is 18.7 Å². The minimum absolute atomic E-state index is 0.0896. The molecule has 2 fully saturated rings. The summed E-state index contributed by atoms with van der Waals surface area (Å²) in [6, 6.07) is 7.53. The van der Waals surface area contributed by atoms with Crippen molar-refractivity contribution < 1.29 is 14.3 Å². The zero-order valence-corrected chi connectivity index (χ0v) is 20.7. The van der Waals surface area contributed by atoms with Crippen molar-refractivity contribution in [2.75, 3.05) is 6.61 Å². The fourth-order valence-electron chi connectivity index (χ4n) is 5.80. The lowest BCUT2D eigenvalue weighted by Gasteiger charge is -2.31. The average molecular weight is 443 g/mol. The predicted molar refractivity (Wildman–Crippen MR) is 132 cm³/mol. The van der Waals surface area contributed by atoms with Gasteiger partial charge in [0.1, 0.15) is 11.9 Å². The molecule has 0 aliphatic heterocycles. The van der Waals surface area contributed by atoms with E-state index in [1.165, 1.54) is 77.0 Å². The van der Waals surface area contributed by atoms with E-state index in [1.54, 1.807) is 0 Å². The Morgan fingerprint density at radius 3 is 2.12 bits per heavy atom. The average Bonchev–Trinajstić information content (AvgIpc) is 2.83. The summed E-state index contributed by atoms with van der Waals surface area (Å²) in [7, 11) is 0. The quantitative estimate of drug-likeness (QED) is 0.241. The van der Waals surface area contributed by atoms with E-state index in [9.17, 15) is 4.79 Å². The first kappa shape index (κ1) is 25.1. The van der Waals surface area contributed by atoms with Crippen LogP contribution in [0.4, 0.5) is 0 Å². The van der Waals surface area contributed by atoms with Crippen molar-refractivity contribution >= 4 is 5.97 Å². The van der Waals surface area contributed by atoms with E-state index in [-0.39, 0.29) is 12.1 Å². The summed E-state index contributed by atoms with van der Waals surface area (Å²) >= 11 is 0. The van der Waals surface area contributed by atoms with Crippen LogP contribution in [-0.2, 0) is 4.74 Å². The lowest BCUT2D eigenvalue weighted by atomic mass is 9.74. The summed E-state index contributed by atoms with van der Waals surface area (Å²) in [5.41, 5.74) is 0.632. The summed E-state index contributed by atoms with van der Waals surface area (Å²) in [6.07, 6.45) is 19.3. The van der Waals surface area contributed by atoms with Crippen LogP contribution >= 0.6 is 0 Å². The number of unbranched alkanes of at least 4 members (excludes halogenated alkanes) is 2. The number of ether oxygens (including phenoxy) is 2. The van der Waals surface area contributed by atoms with Gasteiger partial charge in [0.25, 0.3) is 0 Å². The Kier molecular flexibility index (Phi) is 10.9. The molecule has 0 N–H and O–H groups in total. The third kappa shape index (κ3) is 8.12. The van der Waals surface area contributed by atoms with E-state index in [1.807, 2.05) is 24.3 Å². The second-order valence-corrected chi connectivity index (χ2v) is 10.3. The number of carbonyl (C=O) groups excluding carboxylic acids is 1. The summed E-state index contributed by atoms with van der Waals surface area (Å²) in [5, 5.41) is 0. The van der Waals surface area contributed by atoms with Gasteiger partial charge in [0.15, 0.2) is 0 Å². The van der Waals surface area contributed by atoms with Crippen molar-refractivity contribution in [1.29, 1.82) is 0 Å². The van der Waals surface area contributed by atoms with E-state index < -0.39 is 0 Å². The molecule has 3 nitrogen and oxygen atoms in total. The van der Waals surface area contributed by atoms with Gasteiger partial charge in [-0.1, -0.05) is 71.6 Å². The summed E-state index contributed by atoms with van der Waals surface area (Å²) < 4.78 is 11.7. The van der Waals surface area contributed by atoms with Crippen molar-refractivity contribution in [1.82, 2.24) is 0 Å². The molecule has 0 aromatic heterocycles. The second-order valence-electron chi connectivity index (χ2n) is 10.3. The van der Waals surface area contributed by atoms with Gasteiger partial charge in [-0.15, -0.1) is 0 Å². The van der Waals surface area contributed by atoms with Gasteiger partial charge in [0.05, 0.1) is 12.2 Å². The summed E-state index contributed by atoms with van der Waals surface area (Å²) in [5.74, 6) is 3.31. The van der Waals surface area contributed by atoms with Gasteiger partial charge in [-0.2, -0.15) is 0 Å². The van der Waals surface area contributed by atoms with Crippen LogP contribution in [0.15, 0.2) is 24.3 Å². The van der Waals surface area contributed by atoms with Gasteiger partial charge in [0, 0.05) is 0 Å². The van der Waals surface area contributed by atoms with Crippen LogP contribution in [0.1, 0.15) is 121 Å². The van der Waals surface area contributed by atoms with Crippen LogP contribution in [0.3, 0.4) is 0 Å². The Labute approximate surface area is 196 Å². The fraction of sp³-hybridized carbons (Fsp3) is 0.759. The topological polar surface area (TPSA) is 35.5 Å². The zero-order valence-electron chi connectivity index (χ0n) is 20.7. The zero-order chi connectivity index (χ0) is 22.6. The van der Waals surface area contributed by atoms with E-state index in [0.29, 0.717) is 5.56 Å². The smallest absolute Gasteiger partial charge is 0.338 e. The Balaban J connectivity index is 1.35. The first-order chi connectivity index (χ1) is 15.7. The van der Waals surface area contributed by atoms with Crippen LogP contribution in [0.25, 0.3) is 0 Å². The van der Waals surface area contributed by atoms with Crippen molar-refractivity contribution in [3.63, 3.8) is 0 Å². The molecular formula is C29H46O3. The van der Waals surface area contributed by atoms with Gasteiger partial charge in [-0.25, -0.2) is 4.79 Å². The van der Waals surface area contributed by atoms with Gasteiger partial charge in [-0.05, 0) is 80.5 Å². The Hall–Kier alpha value is -1.51. The van der Waals surface area contributed by atoms with Crippen molar-refractivity contribution in [3.05, 3.63) is 29.8 Å². The molecule has 2 unspecified atom stereocenters. The van der Waals surface area contributed by atoms with E-state index >= 15 is 0 Å². The highest BCUT2D eigenvalue weighted by Gasteiger charge is 2.25. The summed E-state index contributed by atoms with van der Waals surface area (Å²) in [4.78, 5) is 12.5. The SMILES string of the molecule is CCCCCC1CCCCC1CCCOc1ccc(C(=O)OC2CCC(CC)CC2)cc1. The number of benzene rings is 1. The molecule has 0 bridgehead atoms. The predicted octanol–water partition coefficient (Wildman–Crippen LogP) is 8.36. The number of carbonyl (C=O) groups is 1. The molecule has 0 spiro atoms. The molecule has 3 rings (SSSR count). The van der Waals surface area contributed by atoms with Gasteiger partial charge in [-0.3, -0.25) is 0 Å². The molecule has 2 aliphatic carbocycles. The molecule has 1 aromatic carbocycles. The number of esters is 1. The van der Waals surface area contributed by atoms with Crippen molar-refractivity contribution in [2.24, 2.45) is 17.8 Å². The maximum Gasteiger partial charge on any atom is 0.338 e. The Bertz CT molecular complexity index is 645. The highest BCUT2D eigenvalue weighted by atomic mass is 16.5. The molecule has 2 atom stereocenters. The van der Waals surface area contributed by atoms with Gasteiger partial charge in [0.2, 0.25) is 0 Å². The summed E-state index contributed by atoms with van der Waals surface area (Å²) in [6.45, 7) is 5.31. The third-order valence-corrected chi connectivity index (χ3v) is 7.97. The van der Waals surface area contributed by atoms with Crippen LogP contribution in [0, 0.1) is 17.8 Å². The molecule has 32 heavy (non-hydrogen) atoms. The van der Waals surface area contributed by atoms with E-state index in [2.05, 4.69) is 13.8 Å². The van der Waals surface area contributed by atoms with Crippen molar-refractivity contribution in [2.45, 2.75) is 116 Å². The number of rotatable bonds is 12. The molecule has 0 radical (unpaired) electrons. The first-order valence-corrected chi connectivity index (χ1v) is 13.6. The van der Waals surface area contributed by atoms with Crippen LogP contribution in [0.2, 0.25) is 0 Å². The van der Waals surface area contributed by atoms with E-state index in [0.717, 1.165) is 49.4 Å². The molecule has 2 saturated carbocycles. The number of hydrogen-bond acceptors (Lipinski definition) is 3.